The number of aromatic nitrogens is 2. The molecule has 6 nitrogen and oxygen atoms in total. The van der Waals surface area contributed by atoms with Crippen LogP contribution in [-0.4, -0.2) is 22.7 Å². The summed E-state index contributed by atoms with van der Waals surface area (Å²) in [5.74, 6) is 0.924. The van der Waals surface area contributed by atoms with Crippen molar-refractivity contribution in [1.29, 1.82) is 0 Å². The van der Waals surface area contributed by atoms with Crippen molar-refractivity contribution in [3.63, 3.8) is 0 Å². The van der Waals surface area contributed by atoms with Gasteiger partial charge in [-0.2, -0.15) is 4.98 Å². The molecule has 0 spiro atoms. The summed E-state index contributed by atoms with van der Waals surface area (Å²) < 4.78 is 10.6. The molecule has 0 aliphatic carbocycles. The van der Waals surface area contributed by atoms with Gasteiger partial charge in [0.1, 0.15) is 5.75 Å². The smallest absolute Gasteiger partial charge is 0.255 e. The molecule has 2 aromatic carbocycles. The first-order valence-electron chi connectivity index (χ1n) is 7.76. The topological polar surface area (TPSA) is 77.2 Å². The Morgan fingerprint density at radius 3 is 2.76 bits per heavy atom. The highest BCUT2D eigenvalue weighted by Crippen LogP contribution is 2.25. The number of nitrogens with one attached hydrogen (secondary N) is 1. The molecule has 128 valence electrons. The standard InChI is InChI=1S/C18H16ClN3O3/c1-2-24-15-10-6-4-8-13(15)18(23)20-11-16-21-17(22-25-16)12-7-3-5-9-14(12)19/h3-10H,2,11H2,1H3,(H,20,23). The molecule has 1 N–H and O–H groups in total. The van der Waals surface area contributed by atoms with Gasteiger partial charge in [0.2, 0.25) is 11.7 Å². The first-order valence-corrected chi connectivity index (χ1v) is 8.14. The summed E-state index contributed by atoms with van der Waals surface area (Å²) in [5.41, 5.74) is 1.13. The fourth-order valence-electron chi connectivity index (χ4n) is 2.27. The molecule has 1 amide bonds. The van der Waals surface area contributed by atoms with Gasteiger partial charge in [-0.3, -0.25) is 4.79 Å². The minimum Gasteiger partial charge on any atom is -0.493 e. The average molecular weight is 358 g/mol. The maximum absolute atomic E-state index is 12.3. The molecular weight excluding hydrogens is 342 g/mol. The van der Waals surface area contributed by atoms with E-state index in [-0.39, 0.29) is 18.3 Å². The molecule has 25 heavy (non-hydrogen) atoms. The summed E-state index contributed by atoms with van der Waals surface area (Å²) in [6.07, 6.45) is 0. The van der Waals surface area contributed by atoms with Gasteiger partial charge in [0.05, 0.1) is 23.7 Å². The molecule has 0 aliphatic rings. The summed E-state index contributed by atoms with van der Waals surface area (Å²) in [4.78, 5) is 16.6. The Morgan fingerprint density at radius 1 is 1.20 bits per heavy atom. The lowest BCUT2D eigenvalue weighted by Crippen LogP contribution is -2.23. The van der Waals surface area contributed by atoms with Crippen LogP contribution in [0.4, 0.5) is 0 Å². The number of ether oxygens (including phenoxy) is 1. The zero-order valence-electron chi connectivity index (χ0n) is 13.5. The second kappa shape index (κ2) is 7.81. The quantitative estimate of drug-likeness (QED) is 0.727. The third kappa shape index (κ3) is 3.97. The molecule has 0 saturated heterocycles. The maximum atomic E-state index is 12.3. The normalized spacial score (nSPS) is 10.5. The van der Waals surface area contributed by atoms with E-state index in [1.54, 1.807) is 30.3 Å². The molecular formula is C18H16ClN3O3. The van der Waals surface area contributed by atoms with Gasteiger partial charge in [-0.25, -0.2) is 0 Å². The number of para-hydroxylation sites is 1. The highest BCUT2D eigenvalue weighted by Gasteiger charge is 2.15. The zero-order chi connectivity index (χ0) is 17.6. The number of amides is 1. The van der Waals surface area contributed by atoms with Gasteiger partial charge in [-0.05, 0) is 31.2 Å². The summed E-state index contributed by atoms with van der Waals surface area (Å²) in [6, 6.07) is 14.2. The van der Waals surface area contributed by atoms with Crippen LogP contribution in [0.25, 0.3) is 11.4 Å². The number of carbonyl (C=O) groups excluding carboxylic acids is 1. The second-order valence-corrected chi connectivity index (χ2v) is 5.51. The first kappa shape index (κ1) is 17.0. The summed E-state index contributed by atoms with van der Waals surface area (Å²) in [6.45, 7) is 2.45. The van der Waals surface area contributed by atoms with E-state index in [9.17, 15) is 4.79 Å². The van der Waals surface area contributed by atoms with Crippen molar-refractivity contribution >= 4 is 17.5 Å². The molecule has 0 atom stereocenters. The molecule has 0 bridgehead atoms. The first-order chi connectivity index (χ1) is 12.2. The van der Waals surface area contributed by atoms with Crippen LogP contribution < -0.4 is 10.1 Å². The number of nitrogens with zero attached hydrogens (tertiary/aromatic N) is 2. The molecule has 1 aromatic heterocycles. The fraction of sp³-hybridized carbons (Fsp3) is 0.167. The summed E-state index contributed by atoms with van der Waals surface area (Å²) >= 11 is 6.12. The Bertz CT molecular complexity index is 879. The minimum absolute atomic E-state index is 0.108. The largest absolute Gasteiger partial charge is 0.493 e. The van der Waals surface area contributed by atoms with E-state index in [2.05, 4.69) is 15.5 Å². The maximum Gasteiger partial charge on any atom is 0.255 e. The van der Waals surface area contributed by atoms with Crippen molar-refractivity contribution in [1.82, 2.24) is 15.5 Å². The van der Waals surface area contributed by atoms with Crippen molar-refractivity contribution < 1.29 is 14.1 Å². The average Bonchev–Trinajstić information content (AvgIpc) is 3.09. The zero-order valence-corrected chi connectivity index (χ0v) is 14.3. The Balaban J connectivity index is 1.69. The molecule has 0 unspecified atom stereocenters. The lowest BCUT2D eigenvalue weighted by Gasteiger charge is -2.09. The van der Waals surface area contributed by atoms with Crippen LogP contribution >= 0.6 is 11.6 Å². The second-order valence-electron chi connectivity index (χ2n) is 5.10. The molecule has 1 heterocycles. The van der Waals surface area contributed by atoms with Crippen molar-refractivity contribution in [3.05, 3.63) is 65.0 Å². The lowest BCUT2D eigenvalue weighted by atomic mass is 10.2. The monoisotopic (exact) mass is 357 g/mol. The molecule has 3 rings (SSSR count). The van der Waals surface area contributed by atoms with E-state index >= 15 is 0 Å². The molecule has 0 radical (unpaired) electrons. The molecule has 3 aromatic rings. The Kier molecular flexibility index (Phi) is 5.30. The SMILES string of the molecule is CCOc1ccccc1C(=O)NCc1nc(-c2ccccc2Cl)no1. The Hall–Kier alpha value is -2.86. The van der Waals surface area contributed by atoms with Crippen LogP contribution in [0.2, 0.25) is 5.02 Å². The van der Waals surface area contributed by atoms with Crippen molar-refractivity contribution in [2.24, 2.45) is 0 Å². The lowest BCUT2D eigenvalue weighted by molar-refractivity contribution is 0.0942. The molecule has 0 fully saturated rings. The van der Waals surface area contributed by atoms with Gasteiger partial charge < -0.3 is 14.6 Å². The van der Waals surface area contributed by atoms with E-state index < -0.39 is 0 Å². The van der Waals surface area contributed by atoms with Crippen LogP contribution in [0.15, 0.2) is 53.1 Å². The van der Waals surface area contributed by atoms with Gasteiger partial charge >= 0.3 is 0 Å². The van der Waals surface area contributed by atoms with Crippen LogP contribution in [0.5, 0.6) is 5.75 Å². The number of hydrogen-bond acceptors (Lipinski definition) is 5. The molecule has 7 heteroatoms. The van der Waals surface area contributed by atoms with E-state index in [0.29, 0.717) is 34.3 Å². The Morgan fingerprint density at radius 2 is 1.96 bits per heavy atom. The number of carbonyl (C=O) groups is 1. The number of benzene rings is 2. The van der Waals surface area contributed by atoms with Crippen LogP contribution in [-0.2, 0) is 6.54 Å². The minimum atomic E-state index is -0.276. The van der Waals surface area contributed by atoms with E-state index in [1.807, 2.05) is 25.1 Å². The number of hydrogen-bond donors (Lipinski definition) is 1. The third-order valence-corrected chi connectivity index (χ3v) is 3.74. The Labute approximate surface area is 149 Å². The molecule has 0 saturated carbocycles. The predicted molar refractivity (Wildman–Crippen MR) is 93.5 cm³/mol. The van der Waals surface area contributed by atoms with E-state index in [0.717, 1.165) is 0 Å². The van der Waals surface area contributed by atoms with Crippen LogP contribution in [0.3, 0.4) is 0 Å². The van der Waals surface area contributed by atoms with Gasteiger partial charge in [0, 0.05) is 5.56 Å². The highest BCUT2D eigenvalue weighted by atomic mass is 35.5. The van der Waals surface area contributed by atoms with Crippen molar-refractivity contribution in [3.8, 4) is 17.1 Å². The van der Waals surface area contributed by atoms with Crippen molar-refractivity contribution in [2.75, 3.05) is 6.61 Å². The van der Waals surface area contributed by atoms with Crippen molar-refractivity contribution in [2.45, 2.75) is 13.5 Å². The number of halogens is 1. The van der Waals surface area contributed by atoms with Gasteiger partial charge in [0.25, 0.3) is 5.91 Å². The van der Waals surface area contributed by atoms with E-state index in [4.69, 9.17) is 20.9 Å². The third-order valence-electron chi connectivity index (χ3n) is 3.41. The van der Waals surface area contributed by atoms with Crippen LogP contribution in [0.1, 0.15) is 23.2 Å². The fourth-order valence-corrected chi connectivity index (χ4v) is 2.49. The van der Waals surface area contributed by atoms with Gasteiger partial charge in [-0.15, -0.1) is 0 Å². The van der Waals surface area contributed by atoms with Crippen LogP contribution in [0, 0.1) is 0 Å². The molecule has 0 aliphatic heterocycles. The summed E-state index contributed by atoms with van der Waals surface area (Å²) in [7, 11) is 0. The van der Waals surface area contributed by atoms with E-state index in [1.165, 1.54) is 0 Å². The highest BCUT2D eigenvalue weighted by molar-refractivity contribution is 6.33. The number of rotatable bonds is 6. The predicted octanol–water partition coefficient (Wildman–Crippen LogP) is 3.72. The van der Waals surface area contributed by atoms with Gasteiger partial charge in [0.15, 0.2) is 0 Å². The van der Waals surface area contributed by atoms with Gasteiger partial charge in [-0.1, -0.05) is 41.0 Å². The summed E-state index contributed by atoms with van der Waals surface area (Å²) in [5, 5.41) is 7.18.